The highest BCUT2D eigenvalue weighted by molar-refractivity contribution is 6.27. The molecule has 1 aliphatic carbocycles. The maximum absolute atomic E-state index is 6.53. The van der Waals surface area contributed by atoms with E-state index in [0.717, 1.165) is 11.2 Å². The van der Waals surface area contributed by atoms with Gasteiger partial charge in [-0.2, -0.15) is 0 Å². The molecular formula is C49H32O. The van der Waals surface area contributed by atoms with Crippen LogP contribution in [0.4, 0.5) is 0 Å². The summed E-state index contributed by atoms with van der Waals surface area (Å²) < 4.78 is 6.53. The SMILES string of the molecule is CC1(C)c2ccc(-c3ccc(-c4ccc5ccc6c(-c7ccccc7)ccc7ccc4c5c76)cc3)cc2-c2ccc3c(oc4ccccc43)c21. The minimum atomic E-state index is -0.155. The highest BCUT2D eigenvalue weighted by Crippen LogP contribution is 2.53. The zero-order valence-corrected chi connectivity index (χ0v) is 27.9. The highest BCUT2D eigenvalue weighted by Gasteiger charge is 2.38. The molecule has 0 radical (unpaired) electrons. The van der Waals surface area contributed by atoms with E-state index in [4.69, 9.17) is 4.42 Å². The van der Waals surface area contributed by atoms with Gasteiger partial charge in [-0.15, -0.1) is 0 Å². The fourth-order valence-electron chi connectivity index (χ4n) is 9.02. The third-order valence-corrected chi connectivity index (χ3v) is 11.4. The third kappa shape index (κ3) is 3.72. The molecule has 0 atom stereocenters. The molecule has 0 bridgehead atoms. The van der Waals surface area contributed by atoms with E-state index in [2.05, 4.69) is 166 Å². The number of benzene rings is 9. The van der Waals surface area contributed by atoms with Gasteiger partial charge in [-0.05, 0) is 101 Å². The zero-order chi connectivity index (χ0) is 33.1. The van der Waals surface area contributed by atoms with E-state index in [0.29, 0.717) is 0 Å². The summed E-state index contributed by atoms with van der Waals surface area (Å²) in [5, 5.41) is 10.2. The first kappa shape index (κ1) is 27.7. The summed E-state index contributed by atoms with van der Waals surface area (Å²) in [5.41, 5.74) is 14.5. The Morgan fingerprint density at radius 2 is 0.960 bits per heavy atom. The maximum atomic E-state index is 6.53. The summed E-state index contributed by atoms with van der Waals surface area (Å²) >= 11 is 0. The topological polar surface area (TPSA) is 13.1 Å². The Morgan fingerprint density at radius 3 is 1.68 bits per heavy atom. The molecule has 0 amide bonds. The van der Waals surface area contributed by atoms with Gasteiger partial charge in [-0.1, -0.05) is 153 Å². The molecule has 0 saturated carbocycles. The lowest BCUT2D eigenvalue weighted by molar-refractivity contribution is 0.620. The number of hydrogen-bond acceptors (Lipinski definition) is 1. The molecule has 1 aromatic heterocycles. The van der Waals surface area contributed by atoms with Gasteiger partial charge in [-0.3, -0.25) is 0 Å². The zero-order valence-electron chi connectivity index (χ0n) is 27.9. The second-order valence-electron chi connectivity index (χ2n) is 14.4. The number of furan rings is 1. The quantitative estimate of drug-likeness (QED) is 0.176. The summed E-state index contributed by atoms with van der Waals surface area (Å²) in [6, 6.07) is 58.1. The van der Waals surface area contributed by atoms with Gasteiger partial charge in [0.1, 0.15) is 11.2 Å². The van der Waals surface area contributed by atoms with Crippen molar-refractivity contribution >= 4 is 54.3 Å². The molecular weight excluding hydrogens is 605 g/mol. The summed E-state index contributed by atoms with van der Waals surface area (Å²) in [7, 11) is 0. The Morgan fingerprint density at radius 1 is 0.400 bits per heavy atom. The van der Waals surface area contributed by atoms with Crippen molar-refractivity contribution in [2.45, 2.75) is 19.3 Å². The van der Waals surface area contributed by atoms with E-state index in [1.165, 1.54) is 98.7 Å². The number of hydrogen-bond donors (Lipinski definition) is 0. The van der Waals surface area contributed by atoms with Crippen LogP contribution in [-0.2, 0) is 5.41 Å². The van der Waals surface area contributed by atoms with Gasteiger partial charge in [0.2, 0.25) is 0 Å². The first-order valence-corrected chi connectivity index (χ1v) is 17.5. The van der Waals surface area contributed by atoms with Crippen molar-refractivity contribution in [3.63, 3.8) is 0 Å². The van der Waals surface area contributed by atoms with Gasteiger partial charge in [0.25, 0.3) is 0 Å². The lowest BCUT2D eigenvalue weighted by Gasteiger charge is -2.21. The van der Waals surface area contributed by atoms with E-state index in [1.807, 2.05) is 6.07 Å². The predicted octanol–water partition coefficient (Wildman–Crippen LogP) is 13.8. The summed E-state index contributed by atoms with van der Waals surface area (Å²) in [6.45, 7) is 4.66. The Balaban J connectivity index is 1.01. The van der Waals surface area contributed by atoms with Gasteiger partial charge in [0, 0.05) is 21.8 Å². The molecule has 1 nitrogen and oxygen atoms in total. The molecule has 50 heavy (non-hydrogen) atoms. The fraction of sp³-hybridized carbons (Fsp3) is 0.0612. The molecule has 9 aromatic carbocycles. The lowest BCUT2D eigenvalue weighted by Crippen LogP contribution is -2.15. The van der Waals surface area contributed by atoms with Gasteiger partial charge >= 0.3 is 0 Å². The van der Waals surface area contributed by atoms with Gasteiger partial charge < -0.3 is 4.42 Å². The van der Waals surface area contributed by atoms with Crippen LogP contribution in [0, 0.1) is 0 Å². The average molecular weight is 637 g/mol. The summed E-state index contributed by atoms with van der Waals surface area (Å²) in [5.74, 6) is 0. The van der Waals surface area contributed by atoms with E-state index >= 15 is 0 Å². The van der Waals surface area contributed by atoms with E-state index in [1.54, 1.807) is 0 Å². The Labute approximate surface area is 290 Å². The Hall–Kier alpha value is -6.18. The second kappa shape index (κ2) is 9.94. The molecule has 0 fully saturated rings. The molecule has 0 saturated heterocycles. The third-order valence-electron chi connectivity index (χ3n) is 11.4. The molecule has 1 heteroatoms. The van der Waals surface area contributed by atoms with Crippen LogP contribution < -0.4 is 0 Å². The van der Waals surface area contributed by atoms with Crippen molar-refractivity contribution in [1.82, 2.24) is 0 Å². The monoisotopic (exact) mass is 636 g/mol. The van der Waals surface area contributed by atoms with Crippen molar-refractivity contribution in [3.05, 3.63) is 169 Å². The smallest absolute Gasteiger partial charge is 0.140 e. The molecule has 10 aromatic rings. The summed E-state index contributed by atoms with van der Waals surface area (Å²) in [6.07, 6.45) is 0. The highest BCUT2D eigenvalue weighted by atomic mass is 16.3. The van der Waals surface area contributed by atoms with E-state index in [-0.39, 0.29) is 5.41 Å². The lowest BCUT2D eigenvalue weighted by atomic mass is 9.81. The number of fused-ring (bicyclic) bond motifs is 7. The predicted molar refractivity (Wildman–Crippen MR) is 211 cm³/mol. The second-order valence-corrected chi connectivity index (χ2v) is 14.4. The average Bonchev–Trinajstić information content (AvgIpc) is 3.65. The minimum Gasteiger partial charge on any atom is -0.456 e. The van der Waals surface area contributed by atoms with Gasteiger partial charge in [0.15, 0.2) is 0 Å². The molecule has 1 aliphatic rings. The van der Waals surface area contributed by atoms with Crippen LogP contribution in [0.2, 0.25) is 0 Å². The van der Waals surface area contributed by atoms with Gasteiger partial charge in [-0.25, -0.2) is 0 Å². The van der Waals surface area contributed by atoms with E-state index < -0.39 is 0 Å². The number of rotatable bonds is 3. The Bertz CT molecular complexity index is 2980. The van der Waals surface area contributed by atoms with Crippen LogP contribution in [0.15, 0.2) is 162 Å². The molecule has 1 heterocycles. The van der Waals surface area contributed by atoms with Gasteiger partial charge in [0.05, 0.1) is 0 Å². The van der Waals surface area contributed by atoms with Crippen molar-refractivity contribution < 1.29 is 4.42 Å². The molecule has 0 aliphatic heterocycles. The number of para-hydroxylation sites is 1. The van der Waals surface area contributed by atoms with Crippen molar-refractivity contribution in [2.75, 3.05) is 0 Å². The van der Waals surface area contributed by atoms with Crippen LogP contribution in [0.3, 0.4) is 0 Å². The normalized spacial score (nSPS) is 13.6. The van der Waals surface area contributed by atoms with Crippen LogP contribution in [-0.4, -0.2) is 0 Å². The fourth-order valence-corrected chi connectivity index (χ4v) is 9.02. The van der Waals surface area contributed by atoms with Crippen LogP contribution >= 0.6 is 0 Å². The molecule has 234 valence electrons. The van der Waals surface area contributed by atoms with E-state index in [9.17, 15) is 0 Å². The first-order chi connectivity index (χ1) is 24.5. The molecule has 0 spiro atoms. The Kier molecular flexibility index (Phi) is 5.51. The van der Waals surface area contributed by atoms with Crippen molar-refractivity contribution in [2.24, 2.45) is 0 Å². The molecule has 11 rings (SSSR count). The summed E-state index contributed by atoms with van der Waals surface area (Å²) in [4.78, 5) is 0. The van der Waals surface area contributed by atoms with Crippen LogP contribution in [0.1, 0.15) is 25.0 Å². The van der Waals surface area contributed by atoms with Crippen LogP contribution in [0.5, 0.6) is 0 Å². The molecule has 0 N–H and O–H groups in total. The van der Waals surface area contributed by atoms with Crippen molar-refractivity contribution in [3.8, 4) is 44.5 Å². The maximum Gasteiger partial charge on any atom is 0.140 e. The molecule has 0 unspecified atom stereocenters. The van der Waals surface area contributed by atoms with Crippen LogP contribution in [0.25, 0.3) is 98.8 Å². The largest absolute Gasteiger partial charge is 0.456 e. The standard InChI is InChI=1S/C49H32O/c1-49(2)43-27-20-34(28-42(43)40-25-26-41-37-10-6-7-11-44(37)50-48(41)47(40)49)29-12-14-31(15-13-29)36-22-17-33-18-23-38-35(30-8-4-3-5-9-30)21-16-32-19-24-39(36)46(33)45(32)38/h3-28H,1-2H3. The first-order valence-electron chi connectivity index (χ1n) is 17.5. The van der Waals surface area contributed by atoms with Crippen molar-refractivity contribution in [1.29, 1.82) is 0 Å². The minimum absolute atomic E-state index is 0.155.